The lowest BCUT2D eigenvalue weighted by Crippen LogP contribution is -2.38. The van der Waals surface area contributed by atoms with Gasteiger partial charge < -0.3 is 4.90 Å². The molecule has 0 saturated carbocycles. The second kappa shape index (κ2) is 10.1. The second-order valence-electron chi connectivity index (χ2n) is 7.85. The van der Waals surface area contributed by atoms with Crippen LogP contribution in [0.1, 0.15) is 32.6 Å². The Labute approximate surface area is 196 Å². The van der Waals surface area contributed by atoms with E-state index in [1.165, 1.54) is 60.7 Å². The molecule has 0 saturated heterocycles. The van der Waals surface area contributed by atoms with Crippen LogP contribution >= 0.6 is 0 Å². The average Bonchev–Trinajstić information content (AvgIpc) is 2.78. The molecule has 0 bridgehead atoms. The van der Waals surface area contributed by atoms with Crippen LogP contribution in [0.2, 0.25) is 0 Å². The fraction of sp³-hybridized carbons (Fsp3) is 0.200. The quantitative estimate of drug-likeness (QED) is 0.469. The van der Waals surface area contributed by atoms with E-state index in [4.69, 9.17) is 5.26 Å². The Balaban J connectivity index is 1.78. The molecular formula is C25H21F3N2O3S. The number of nitrogens with zero attached hydrogens (tertiary/aromatic N) is 2. The minimum Gasteiger partial charge on any atom is -0.325 e. The largest absolute Gasteiger partial charge is 0.406 e. The van der Waals surface area contributed by atoms with Crippen molar-refractivity contribution >= 4 is 15.7 Å². The minimum absolute atomic E-state index is 0.00868. The van der Waals surface area contributed by atoms with E-state index < -0.39 is 28.5 Å². The molecule has 176 valence electrons. The van der Waals surface area contributed by atoms with Gasteiger partial charge in [-0.15, -0.1) is 0 Å². The number of rotatable bonds is 7. The van der Waals surface area contributed by atoms with E-state index >= 15 is 0 Å². The molecule has 1 amide bonds. The highest BCUT2D eigenvalue weighted by atomic mass is 32.2. The van der Waals surface area contributed by atoms with Crippen molar-refractivity contribution in [3.8, 4) is 6.07 Å². The Morgan fingerprint density at radius 2 is 1.47 bits per heavy atom. The Kier molecular flexibility index (Phi) is 7.42. The molecule has 3 aromatic rings. The molecule has 3 rings (SSSR count). The first-order valence-corrected chi connectivity index (χ1v) is 11.9. The monoisotopic (exact) mass is 486 g/mol. The van der Waals surface area contributed by atoms with Crippen molar-refractivity contribution in [2.45, 2.75) is 30.3 Å². The summed E-state index contributed by atoms with van der Waals surface area (Å²) in [4.78, 5) is 13.7. The fourth-order valence-corrected chi connectivity index (χ4v) is 4.64. The number of hydrogen-bond donors (Lipinski definition) is 0. The highest BCUT2D eigenvalue weighted by Gasteiger charge is 2.33. The van der Waals surface area contributed by atoms with Gasteiger partial charge in [-0.2, -0.15) is 18.4 Å². The van der Waals surface area contributed by atoms with Gasteiger partial charge in [0.05, 0.1) is 22.3 Å². The number of hydrogen-bond acceptors (Lipinski definition) is 4. The number of alkyl halides is 3. The third-order valence-electron chi connectivity index (χ3n) is 5.05. The van der Waals surface area contributed by atoms with Gasteiger partial charge in [-0.05, 0) is 54.4 Å². The van der Waals surface area contributed by atoms with Gasteiger partial charge in [0.25, 0.3) is 5.91 Å². The van der Waals surface area contributed by atoms with Crippen molar-refractivity contribution in [2.24, 2.45) is 0 Å². The molecule has 0 heterocycles. The Hall–Kier alpha value is -3.64. The standard InChI is InChI=1S/C25H21F3N2O3S/c1-18-2-12-23(13-3-18)34(32,33)16-21-8-10-22(11-9-21)24(31)30(17-25(26,27)28)15-20-6-4-19(14-29)5-7-20/h2-13H,15-17H2,1H3. The van der Waals surface area contributed by atoms with Crippen LogP contribution in [0.4, 0.5) is 13.2 Å². The summed E-state index contributed by atoms with van der Waals surface area (Å²) in [6.45, 7) is 0.0958. The van der Waals surface area contributed by atoms with E-state index in [9.17, 15) is 26.4 Å². The number of carbonyl (C=O) groups excluding carboxylic acids is 1. The highest BCUT2D eigenvalue weighted by molar-refractivity contribution is 7.90. The van der Waals surface area contributed by atoms with E-state index in [1.807, 2.05) is 13.0 Å². The van der Waals surface area contributed by atoms with Crippen LogP contribution in [-0.2, 0) is 22.1 Å². The summed E-state index contributed by atoms with van der Waals surface area (Å²) in [6.07, 6.45) is -4.61. The smallest absolute Gasteiger partial charge is 0.325 e. The lowest BCUT2D eigenvalue weighted by molar-refractivity contribution is -0.141. The summed E-state index contributed by atoms with van der Waals surface area (Å²) in [5.41, 5.74) is 2.14. The van der Waals surface area contributed by atoms with Gasteiger partial charge in [-0.25, -0.2) is 8.42 Å². The highest BCUT2D eigenvalue weighted by Crippen LogP contribution is 2.22. The molecule has 0 aliphatic carbocycles. The molecular weight excluding hydrogens is 465 g/mol. The van der Waals surface area contributed by atoms with E-state index in [2.05, 4.69) is 0 Å². The molecule has 9 heteroatoms. The zero-order chi connectivity index (χ0) is 24.9. The molecule has 3 aromatic carbocycles. The molecule has 0 radical (unpaired) electrons. The summed E-state index contributed by atoms with van der Waals surface area (Å²) in [7, 11) is -3.62. The van der Waals surface area contributed by atoms with Gasteiger partial charge in [0, 0.05) is 12.1 Å². The maximum absolute atomic E-state index is 13.1. The molecule has 34 heavy (non-hydrogen) atoms. The Morgan fingerprint density at radius 1 is 0.912 bits per heavy atom. The third-order valence-corrected chi connectivity index (χ3v) is 6.76. The zero-order valence-corrected chi connectivity index (χ0v) is 19.0. The summed E-state index contributed by atoms with van der Waals surface area (Å²) >= 11 is 0. The number of aryl methyl sites for hydroxylation is 1. The molecule has 0 unspecified atom stereocenters. The average molecular weight is 487 g/mol. The van der Waals surface area contributed by atoms with Gasteiger partial charge in [0.2, 0.25) is 0 Å². The number of carbonyl (C=O) groups is 1. The number of benzene rings is 3. The van der Waals surface area contributed by atoms with Crippen molar-refractivity contribution in [3.05, 3.63) is 101 Å². The van der Waals surface area contributed by atoms with Crippen molar-refractivity contribution in [1.82, 2.24) is 4.90 Å². The van der Waals surface area contributed by atoms with Gasteiger partial charge in [-0.3, -0.25) is 4.79 Å². The van der Waals surface area contributed by atoms with Crippen molar-refractivity contribution in [2.75, 3.05) is 6.54 Å². The third kappa shape index (κ3) is 6.68. The maximum Gasteiger partial charge on any atom is 0.406 e. The van der Waals surface area contributed by atoms with Gasteiger partial charge >= 0.3 is 6.18 Å². The minimum atomic E-state index is -4.61. The lowest BCUT2D eigenvalue weighted by atomic mass is 10.1. The normalized spacial score (nSPS) is 11.6. The van der Waals surface area contributed by atoms with E-state index in [0.29, 0.717) is 21.6 Å². The van der Waals surface area contributed by atoms with E-state index in [-0.39, 0.29) is 22.8 Å². The van der Waals surface area contributed by atoms with Crippen molar-refractivity contribution < 1.29 is 26.4 Å². The van der Waals surface area contributed by atoms with Crippen molar-refractivity contribution in [3.63, 3.8) is 0 Å². The summed E-state index contributed by atoms with van der Waals surface area (Å²) in [5, 5.41) is 8.87. The number of amides is 1. The molecule has 5 nitrogen and oxygen atoms in total. The van der Waals surface area contributed by atoms with Crippen LogP contribution in [0.5, 0.6) is 0 Å². The van der Waals surface area contributed by atoms with E-state index in [0.717, 1.165) is 5.56 Å². The predicted octanol–water partition coefficient (Wildman–Crippen LogP) is 5.05. The molecule has 0 aliphatic rings. The van der Waals surface area contributed by atoms with Crippen LogP contribution < -0.4 is 0 Å². The summed E-state index contributed by atoms with van der Waals surface area (Å²) in [6, 6.07) is 19.8. The molecule has 0 spiro atoms. The Bertz CT molecular complexity index is 1290. The number of sulfone groups is 1. The molecule has 0 N–H and O–H groups in total. The number of nitriles is 1. The predicted molar refractivity (Wildman–Crippen MR) is 120 cm³/mol. The molecule has 0 atom stereocenters. The van der Waals surface area contributed by atoms with Crippen LogP contribution in [0, 0.1) is 18.3 Å². The van der Waals surface area contributed by atoms with Crippen LogP contribution in [0.15, 0.2) is 77.7 Å². The second-order valence-corrected chi connectivity index (χ2v) is 9.84. The van der Waals surface area contributed by atoms with Crippen LogP contribution in [0.3, 0.4) is 0 Å². The first-order valence-electron chi connectivity index (χ1n) is 10.2. The van der Waals surface area contributed by atoms with Crippen molar-refractivity contribution in [1.29, 1.82) is 5.26 Å². The summed E-state index contributed by atoms with van der Waals surface area (Å²) < 4.78 is 64.7. The van der Waals surface area contributed by atoms with Crippen LogP contribution in [0.25, 0.3) is 0 Å². The number of halogens is 3. The fourth-order valence-electron chi connectivity index (χ4n) is 3.30. The maximum atomic E-state index is 13.1. The zero-order valence-electron chi connectivity index (χ0n) is 18.2. The van der Waals surface area contributed by atoms with Crippen LogP contribution in [-0.4, -0.2) is 31.9 Å². The lowest BCUT2D eigenvalue weighted by Gasteiger charge is -2.24. The first-order chi connectivity index (χ1) is 16.0. The molecule has 0 aliphatic heterocycles. The molecule has 0 aromatic heterocycles. The van der Waals surface area contributed by atoms with E-state index in [1.54, 1.807) is 12.1 Å². The van der Waals surface area contributed by atoms with Gasteiger partial charge in [0.15, 0.2) is 9.84 Å². The Morgan fingerprint density at radius 3 is 2.00 bits per heavy atom. The SMILES string of the molecule is Cc1ccc(S(=O)(=O)Cc2ccc(C(=O)N(Cc3ccc(C#N)cc3)CC(F)(F)F)cc2)cc1. The first kappa shape index (κ1) is 25.0. The summed E-state index contributed by atoms with van der Waals surface area (Å²) in [5.74, 6) is -1.14. The topological polar surface area (TPSA) is 78.2 Å². The van der Waals surface area contributed by atoms with Gasteiger partial charge in [-0.1, -0.05) is 42.0 Å². The van der Waals surface area contributed by atoms with Gasteiger partial charge in [0.1, 0.15) is 6.54 Å². The molecule has 0 fully saturated rings.